The Morgan fingerprint density at radius 1 is 1.03 bits per heavy atom. The number of rotatable bonds is 4. The van der Waals surface area contributed by atoms with Gasteiger partial charge >= 0.3 is 0 Å². The van der Waals surface area contributed by atoms with Crippen LogP contribution in [-0.4, -0.2) is 49.5 Å². The van der Waals surface area contributed by atoms with E-state index in [0.29, 0.717) is 18.0 Å². The third kappa shape index (κ3) is 3.83. The van der Waals surface area contributed by atoms with E-state index in [-0.39, 0.29) is 18.1 Å². The summed E-state index contributed by atoms with van der Waals surface area (Å²) < 4.78 is 6.31. The zero-order valence-corrected chi connectivity index (χ0v) is 17.5. The smallest absolute Gasteiger partial charge is 0.256 e. The van der Waals surface area contributed by atoms with Crippen LogP contribution in [0.25, 0.3) is 16.5 Å². The number of nitrogens with zero attached hydrogens (tertiary/aromatic N) is 5. The van der Waals surface area contributed by atoms with E-state index in [4.69, 9.17) is 4.74 Å². The molecule has 1 aliphatic heterocycles. The van der Waals surface area contributed by atoms with Gasteiger partial charge in [0.1, 0.15) is 6.10 Å². The normalized spacial score (nSPS) is 21.5. The zero-order chi connectivity index (χ0) is 21.2. The van der Waals surface area contributed by atoms with Crippen molar-refractivity contribution < 1.29 is 9.53 Å². The Bertz CT molecular complexity index is 1150. The van der Waals surface area contributed by atoms with Gasteiger partial charge in [-0.3, -0.25) is 4.79 Å². The van der Waals surface area contributed by atoms with Gasteiger partial charge in [-0.1, -0.05) is 30.4 Å². The molecule has 2 atom stereocenters. The Hall–Kier alpha value is -3.48. The molecule has 3 heterocycles. The number of carbonyl (C=O) groups excluding carboxylic acids is 1. The van der Waals surface area contributed by atoms with Gasteiger partial charge in [0.05, 0.1) is 30.2 Å². The summed E-state index contributed by atoms with van der Waals surface area (Å²) in [5.74, 6) is 0.637. The number of ether oxygens (including phenoxy) is 1. The van der Waals surface area contributed by atoms with Gasteiger partial charge in [-0.25, -0.2) is 4.98 Å². The van der Waals surface area contributed by atoms with Crippen LogP contribution in [0.15, 0.2) is 66.6 Å². The lowest BCUT2D eigenvalue weighted by molar-refractivity contribution is -0.132. The Balaban J connectivity index is 1.36. The van der Waals surface area contributed by atoms with E-state index in [1.54, 1.807) is 18.6 Å². The number of hydrogen-bond acceptors (Lipinski definition) is 5. The minimum Gasteiger partial charge on any atom is -0.472 e. The van der Waals surface area contributed by atoms with Crippen LogP contribution in [0.5, 0.6) is 5.88 Å². The molecule has 0 bridgehead atoms. The molecule has 2 aromatic heterocycles. The van der Waals surface area contributed by atoms with Crippen LogP contribution in [0.2, 0.25) is 0 Å². The predicted octanol–water partition coefficient (Wildman–Crippen LogP) is 3.85. The van der Waals surface area contributed by atoms with Gasteiger partial charge in [-0.2, -0.15) is 15.0 Å². The molecule has 31 heavy (non-hydrogen) atoms. The average Bonchev–Trinajstić information content (AvgIpc) is 3.35. The molecule has 1 amide bonds. The third-order valence-electron chi connectivity index (χ3n) is 6.01. The lowest BCUT2D eigenvalue weighted by atomic mass is 9.97. The fraction of sp³-hybridized carbons (Fsp3) is 0.333. The summed E-state index contributed by atoms with van der Waals surface area (Å²) in [6.45, 7) is 2.63. The summed E-state index contributed by atoms with van der Waals surface area (Å²) in [7, 11) is 0. The summed E-state index contributed by atoms with van der Waals surface area (Å²) in [5, 5.41) is 10.5. The van der Waals surface area contributed by atoms with Crippen LogP contribution in [-0.2, 0) is 4.79 Å². The zero-order valence-electron chi connectivity index (χ0n) is 17.5. The van der Waals surface area contributed by atoms with Crippen LogP contribution >= 0.6 is 0 Å². The largest absolute Gasteiger partial charge is 0.472 e. The molecule has 5 rings (SSSR count). The molecular formula is C24H25N5O2. The maximum absolute atomic E-state index is 13.6. The Morgan fingerprint density at radius 2 is 1.84 bits per heavy atom. The number of likely N-dealkylation sites (tertiary alicyclic amines) is 1. The Kier molecular flexibility index (Phi) is 5.24. The van der Waals surface area contributed by atoms with E-state index in [9.17, 15) is 4.79 Å². The first kappa shape index (κ1) is 19.5. The summed E-state index contributed by atoms with van der Waals surface area (Å²) in [5.41, 5.74) is 1.42. The number of carbonyl (C=O) groups is 1. The molecule has 7 heteroatoms. The number of amides is 1. The van der Waals surface area contributed by atoms with Gasteiger partial charge in [0, 0.05) is 17.6 Å². The van der Waals surface area contributed by atoms with Crippen molar-refractivity contribution >= 4 is 22.4 Å². The summed E-state index contributed by atoms with van der Waals surface area (Å²) in [6, 6.07) is 10.2. The quantitative estimate of drug-likeness (QED) is 0.647. The molecule has 0 N–H and O–H groups in total. The molecule has 0 saturated carbocycles. The van der Waals surface area contributed by atoms with Crippen molar-refractivity contribution in [2.45, 2.75) is 44.8 Å². The van der Waals surface area contributed by atoms with Crippen LogP contribution in [0, 0.1) is 0 Å². The van der Waals surface area contributed by atoms with Gasteiger partial charge in [-0.15, -0.1) is 0 Å². The first-order valence-corrected chi connectivity index (χ1v) is 10.8. The highest BCUT2D eigenvalue weighted by molar-refractivity contribution is 6.05. The van der Waals surface area contributed by atoms with Crippen molar-refractivity contribution in [1.29, 1.82) is 0 Å². The summed E-state index contributed by atoms with van der Waals surface area (Å²) in [4.78, 5) is 21.5. The topological polar surface area (TPSA) is 73.1 Å². The standard InChI is InChI=1S/C24H25N5O2/c1-17-10-11-19(31-23-20-7-3-2-6-18(20)12-13-25-23)16-28(17)24(30)21-8-4-5-9-22(21)29-26-14-15-27-29/h2-3,6-9,12-15,17,19H,4-5,10-11,16H2,1H3/t17-,19-/m1/s1. The molecule has 0 spiro atoms. The van der Waals surface area contributed by atoms with Crippen molar-refractivity contribution in [3.05, 3.63) is 66.6 Å². The van der Waals surface area contributed by atoms with Crippen LogP contribution < -0.4 is 4.74 Å². The van der Waals surface area contributed by atoms with Crippen molar-refractivity contribution in [3.63, 3.8) is 0 Å². The number of allylic oxidation sites excluding steroid dienone is 2. The van der Waals surface area contributed by atoms with E-state index >= 15 is 0 Å². The predicted molar refractivity (Wildman–Crippen MR) is 118 cm³/mol. The monoisotopic (exact) mass is 415 g/mol. The molecule has 7 nitrogen and oxygen atoms in total. The molecule has 0 unspecified atom stereocenters. The minimum absolute atomic E-state index is 0.00919. The van der Waals surface area contributed by atoms with Crippen molar-refractivity contribution in [2.24, 2.45) is 0 Å². The first-order valence-electron chi connectivity index (χ1n) is 10.8. The molecule has 1 fully saturated rings. The van der Waals surface area contributed by atoms with Gasteiger partial charge in [0.2, 0.25) is 5.88 Å². The van der Waals surface area contributed by atoms with E-state index in [1.807, 2.05) is 41.3 Å². The molecule has 1 aromatic carbocycles. The van der Waals surface area contributed by atoms with E-state index < -0.39 is 0 Å². The van der Waals surface area contributed by atoms with Crippen LogP contribution in [0.3, 0.4) is 0 Å². The number of benzene rings is 1. The Morgan fingerprint density at radius 3 is 2.71 bits per heavy atom. The molecule has 0 radical (unpaired) electrons. The van der Waals surface area contributed by atoms with Crippen LogP contribution in [0.1, 0.15) is 32.6 Å². The summed E-state index contributed by atoms with van der Waals surface area (Å²) in [6.07, 6.45) is 12.5. The number of pyridine rings is 1. The van der Waals surface area contributed by atoms with Crippen molar-refractivity contribution in [2.75, 3.05) is 6.54 Å². The Labute approximate surface area is 181 Å². The molecule has 1 aliphatic carbocycles. The second-order valence-corrected chi connectivity index (χ2v) is 8.06. The average molecular weight is 415 g/mol. The minimum atomic E-state index is -0.0992. The van der Waals surface area contributed by atoms with Gasteiger partial charge < -0.3 is 9.64 Å². The molecule has 3 aromatic rings. The highest BCUT2D eigenvalue weighted by Crippen LogP contribution is 2.30. The molecule has 2 aliphatic rings. The number of aromatic nitrogens is 4. The highest BCUT2D eigenvalue weighted by atomic mass is 16.5. The second-order valence-electron chi connectivity index (χ2n) is 8.06. The maximum Gasteiger partial charge on any atom is 0.256 e. The second kappa shape index (κ2) is 8.34. The summed E-state index contributed by atoms with van der Waals surface area (Å²) >= 11 is 0. The van der Waals surface area contributed by atoms with E-state index in [0.717, 1.165) is 42.2 Å². The van der Waals surface area contributed by atoms with Gasteiger partial charge in [0.25, 0.3) is 5.91 Å². The van der Waals surface area contributed by atoms with E-state index in [2.05, 4.69) is 28.2 Å². The van der Waals surface area contributed by atoms with E-state index in [1.165, 1.54) is 4.80 Å². The number of fused-ring (bicyclic) bond motifs is 1. The fourth-order valence-electron chi connectivity index (χ4n) is 4.34. The lowest BCUT2D eigenvalue weighted by Crippen LogP contribution is -2.50. The maximum atomic E-state index is 13.6. The number of hydrogen-bond donors (Lipinski definition) is 0. The molecular weight excluding hydrogens is 390 g/mol. The number of piperidine rings is 1. The molecule has 158 valence electrons. The first-order chi connectivity index (χ1) is 15.2. The fourth-order valence-corrected chi connectivity index (χ4v) is 4.34. The molecule has 1 saturated heterocycles. The highest BCUT2D eigenvalue weighted by Gasteiger charge is 2.33. The lowest BCUT2D eigenvalue weighted by Gasteiger charge is -2.38. The van der Waals surface area contributed by atoms with Gasteiger partial charge in [0.15, 0.2) is 0 Å². The van der Waals surface area contributed by atoms with Gasteiger partial charge in [-0.05, 0) is 50.1 Å². The van der Waals surface area contributed by atoms with Crippen molar-refractivity contribution in [3.8, 4) is 5.88 Å². The van der Waals surface area contributed by atoms with Crippen LogP contribution in [0.4, 0.5) is 0 Å². The third-order valence-corrected chi connectivity index (χ3v) is 6.01. The SMILES string of the molecule is C[C@@H]1CC[C@@H](Oc2nccc3ccccc23)CN1C(=O)C1=CCCC=C1n1nccn1. The van der Waals surface area contributed by atoms with Crippen molar-refractivity contribution in [1.82, 2.24) is 24.9 Å².